The fraction of sp³-hybridized carbons (Fsp3) is 0.143. The molecular formula is C7H7N5O. The average Bonchev–Trinajstić information content (AvgIpc) is 2.15. The monoisotopic (exact) mass is 177 g/mol. The molecule has 0 bridgehead atoms. The second-order valence-electron chi connectivity index (χ2n) is 2.20. The van der Waals surface area contributed by atoms with Crippen LogP contribution < -0.4 is 11.1 Å². The second kappa shape index (κ2) is 4.01. The van der Waals surface area contributed by atoms with Crippen LogP contribution in [0.2, 0.25) is 0 Å². The van der Waals surface area contributed by atoms with E-state index in [0.717, 1.165) is 0 Å². The molecule has 0 aromatic carbocycles. The number of hydrogen-bond donors (Lipinski definition) is 2. The lowest BCUT2D eigenvalue weighted by molar-refractivity contribution is -0.116. The van der Waals surface area contributed by atoms with Crippen molar-refractivity contribution in [2.45, 2.75) is 0 Å². The van der Waals surface area contributed by atoms with Gasteiger partial charge in [-0.15, -0.1) is 0 Å². The summed E-state index contributed by atoms with van der Waals surface area (Å²) in [6.45, 7) is -0.0467. The van der Waals surface area contributed by atoms with Crippen molar-refractivity contribution in [1.29, 1.82) is 5.26 Å². The number of primary amides is 1. The fourth-order valence-corrected chi connectivity index (χ4v) is 0.672. The van der Waals surface area contributed by atoms with E-state index in [1.54, 1.807) is 0 Å². The Hall–Kier alpha value is -2.16. The van der Waals surface area contributed by atoms with Crippen molar-refractivity contribution in [3.05, 3.63) is 18.0 Å². The van der Waals surface area contributed by atoms with Gasteiger partial charge in [0.1, 0.15) is 11.8 Å². The number of carbonyl (C=O) groups is 1. The van der Waals surface area contributed by atoms with Gasteiger partial charge in [0.05, 0.1) is 6.54 Å². The SMILES string of the molecule is N#Cc1ccnc(NCC(N)=O)n1. The van der Waals surface area contributed by atoms with E-state index in [0.29, 0.717) is 0 Å². The molecule has 0 fully saturated rings. The lowest BCUT2D eigenvalue weighted by Gasteiger charge is -2.00. The largest absolute Gasteiger partial charge is 0.368 e. The van der Waals surface area contributed by atoms with Crippen LogP contribution in [0.5, 0.6) is 0 Å². The molecule has 0 unspecified atom stereocenters. The summed E-state index contributed by atoms with van der Waals surface area (Å²) < 4.78 is 0. The number of nitrogens with two attached hydrogens (primary N) is 1. The van der Waals surface area contributed by atoms with Gasteiger partial charge in [0.25, 0.3) is 0 Å². The molecule has 0 aliphatic heterocycles. The summed E-state index contributed by atoms with van der Waals surface area (Å²) in [4.78, 5) is 17.9. The first-order chi connectivity index (χ1) is 6.22. The van der Waals surface area contributed by atoms with Crippen molar-refractivity contribution in [2.75, 3.05) is 11.9 Å². The van der Waals surface area contributed by atoms with E-state index in [2.05, 4.69) is 15.3 Å². The number of nitriles is 1. The molecule has 0 radical (unpaired) electrons. The van der Waals surface area contributed by atoms with Crippen LogP contribution in [0.1, 0.15) is 5.69 Å². The molecule has 0 aliphatic carbocycles. The molecule has 1 amide bonds. The van der Waals surface area contributed by atoms with Crippen molar-refractivity contribution >= 4 is 11.9 Å². The Kier molecular flexibility index (Phi) is 2.76. The number of hydrogen-bond acceptors (Lipinski definition) is 5. The summed E-state index contributed by atoms with van der Waals surface area (Å²) in [5, 5.41) is 11.1. The van der Waals surface area contributed by atoms with Crippen LogP contribution in [-0.2, 0) is 4.79 Å². The predicted molar refractivity (Wildman–Crippen MR) is 44.4 cm³/mol. The van der Waals surface area contributed by atoms with Gasteiger partial charge in [0, 0.05) is 6.20 Å². The third-order valence-corrected chi connectivity index (χ3v) is 1.19. The van der Waals surface area contributed by atoms with Crippen LogP contribution in [0.15, 0.2) is 12.3 Å². The Morgan fingerprint density at radius 2 is 2.54 bits per heavy atom. The maximum Gasteiger partial charge on any atom is 0.236 e. The van der Waals surface area contributed by atoms with E-state index < -0.39 is 5.91 Å². The standard InChI is InChI=1S/C7H7N5O/c8-3-5-1-2-10-7(12-5)11-4-6(9)13/h1-2H,4H2,(H2,9,13)(H,10,11,12). The Morgan fingerprint density at radius 3 is 3.15 bits per heavy atom. The van der Waals surface area contributed by atoms with Gasteiger partial charge in [-0.2, -0.15) is 5.26 Å². The highest BCUT2D eigenvalue weighted by Crippen LogP contribution is 1.97. The van der Waals surface area contributed by atoms with Gasteiger partial charge in [0.15, 0.2) is 0 Å². The Bertz CT molecular complexity index is 356. The Morgan fingerprint density at radius 1 is 1.77 bits per heavy atom. The molecule has 1 heterocycles. The molecule has 1 aromatic rings. The highest BCUT2D eigenvalue weighted by Gasteiger charge is 1.98. The molecule has 0 saturated heterocycles. The molecular weight excluding hydrogens is 170 g/mol. The van der Waals surface area contributed by atoms with Crippen LogP contribution in [-0.4, -0.2) is 22.4 Å². The van der Waals surface area contributed by atoms with Gasteiger partial charge < -0.3 is 11.1 Å². The fourth-order valence-electron chi connectivity index (χ4n) is 0.672. The Balaban J connectivity index is 2.68. The summed E-state index contributed by atoms with van der Waals surface area (Å²) in [7, 11) is 0. The van der Waals surface area contributed by atoms with E-state index in [9.17, 15) is 4.79 Å². The van der Waals surface area contributed by atoms with Gasteiger partial charge in [-0.1, -0.05) is 0 Å². The maximum atomic E-state index is 10.4. The summed E-state index contributed by atoms with van der Waals surface area (Å²) >= 11 is 0. The van der Waals surface area contributed by atoms with Crippen LogP contribution >= 0.6 is 0 Å². The predicted octanol–water partition coefficient (Wildman–Crippen LogP) is -0.755. The minimum absolute atomic E-state index is 0.0467. The summed E-state index contributed by atoms with van der Waals surface area (Å²) in [6.07, 6.45) is 1.43. The van der Waals surface area contributed by atoms with Gasteiger partial charge in [0.2, 0.25) is 11.9 Å². The van der Waals surface area contributed by atoms with Crippen molar-refractivity contribution < 1.29 is 4.79 Å². The van der Waals surface area contributed by atoms with E-state index in [1.165, 1.54) is 12.3 Å². The van der Waals surface area contributed by atoms with Crippen molar-refractivity contribution in [2.24, 2.45) is 5.73 Å². The van der Waals surface area contributed by atoms with Crippen LogP contribution in [0, 0.1) is 11.3 Å². The third-order valence-electron chi connectivity index (χ3n) is 1.19. The molecule has 1 rings (SSSR count). The minimum atomic E-state index is -0.508. The Labute approximate surface area is 74.4 Å². The minimum Gasteiger partial charge on any atom is -0.368 e. The van der Waals surface area contributed by atoms with Crippen LogP contribution in [0.4, 0.5) is 5.95 Å². The summed E-state index contributed by atoms with van der Waals surface area (Å²) in [5.74, 6) is -0.288. The van der Waals surface area contributed by atoms with Crippen molar-refractivity contribution in [3.8, 4) is 6.07 Å². The van der Waals surface area contributed by atoms with Gasteiger partial charge >= 0.3 is 0 Å². The quantitative estimate of drug-likeness (QED) is 0.631. The number of carbonyl (C=O) groups excluding carboxylic acids is 1. The normalized spacial score (nSPS) is 8.85. The molecule has 0 atom stereocenters. The molecule has 0 aliphatic rings. The van der Waals surface area contributed by atoms with Crippen molar-refractivity contribution in [3.63, 3.8) is 0 Å². The summed E-state index contributed by atoms with van der Waals surface area (Å²) in [5.41, 5.74) is 5.13. The van der Waals surface area contributed by atoms with E-state index in [1.807, 2.05) is 6.07 Å². The zero-order valence-electron chi connectivity index (χ0n) is 6.69. The van der Waals surface area contributed by atoms with E-state index in [-0.39, 0.29) is 18.2 Å². The molecule has 6 heteroatoms. The van der Waals surface area contributed by atoms with E-state index >= 15 is 0 Å². The zero-order chi connectivity index (χ0) is 9.68. The molecule has 6 nitrogen and oxygen atoms in total. The number of rotatable bonds is 3. The highest BCUT2D eigenvalue weighted by molar-refractivity contribution is 5.78. The van der Waals surface area contributed by atoms with Crippen LogP contribution in [0.25, 0.3) is 0 Å². The number of aromatic nitrogens is 2. The number of nitrogens with one attached hydrogen (secondary N) is 1. The molecule has 0 saturated carbocycles. The zero-order valence-corrected chi connectivity index (χ0v) is 6.69. The van der Waals surface area contributed by atoms with Gasteiger partial charge in [-0.25, -0.2) is 9.97 Å². The maximum absolute atomic E-state index is 10.4. The smallest absolute Gasteiger partial charge is 0.236 e. The van der Waals surface area contributed by atoms with Gasteiger partial charge in [-0.3, -0.25) is 4.79 Å². The average molecular weight is 177 g/mol. The lowest BCUT2D eigenvalue weighted by atomic mass is 10.4. The first-order valence-corrected chi connectivity index (χ1v) is 3.47. The number of nitrogens with zero attached hydrogens (tertiary/aromatic N) is 3. The first kappa shape index (κ1) is 8.93. The molecule has 1 aromatic heterocycles. The van der Waals surface area contributed by atoms with E-state index in [4.69, 9.17) is 11.0 Å². The topological polar surface area (TPSA) is 105 Å². The molecule has 66 valence electrons. The molecule has 0 spiro atoms. The highest BCUT2D eigenvalue weighted by atomic mass is 16.1. The number of amides is 1. The third kappa shape index (κ3) is 2.75. The van der Waals surface area contributed by atoms with Crippen molar-refractivity contribution in [1.82, 2.24) is 9.97 Å². The molecule has 3 N–H and O–H groups in total. The van der Waals surface area contributed by atoms with Crippen LogP contribution in [0.3, 0.4) is 0 Å². The molecule has 13 heavy (non-hydrogen) atoms. The first-order valence-electron chi connectivity index (χ1n) is 3.47. The second-order valence-corrected chi connectivity index (χ2v) is 2.20. The van der Waals surface area contributed by atoms with Gasteiger partial charge in [-0.05, 0) is 6.07 Å². The number of anilines is 1. The summed E-state index contributed by atoms with van der Waals surface area (Å²) in [6, 6.07) is 3.32. The lowest BCUT2D eigenvalue weighted by Crippen LogP contribution is -2.22.